The maximum absolute atomic E-state index is 6.26. The average Bonchev–Trinajstić information content (AvgIpc) is 2.74. The predicted octanol–water partition coefficient (Wildman–Crippen LogP) is 6.07. The minimum Gasteiger partial charge on any atom is -0.363 e. The van der Waals surface area contributed by atoms with E-state index in [9.17, 15) is 0 Å². The molecule has 0 aliphatic carbocycles. The minimum absolute atomic E-state index is 0.121. The highest BCUT2D eigenvalue weighted by Gasteiger charge is 2.11. The van der Waals surface area contributed by atoms with Gasteiger partial charge in [-0.15, -0.1) is 0 Å². The molecule has 1 heterocycles. The summed E-state index contributed by atoms with van der Waals surface area (Å²) in [5.41, 5.74) is 3.10. The topological polar surface area (TPSA) is 49.8 Å². The molecule has 0 spiro atoms. The summed E-state index contributed by atoms with van der Waals surface area (Å²) in [7, 11) is 0. The molecule has 4 nitrogen and oxygen atoms in total. The van der Waals surface area contributed by atoms with Crippen molar-refractivity contribution in [2.24, 2.45) is 0 Å². The number of nitrogens with one attached hydrogen (secondary N) is 2. The van der Waals surface area contributed by atoms with Crippen molar-refractivity contribution in [3.8, 4) is 0 Å². The summed E-state index contributed by atoms with van der Waals surface area (Å²) in [4.78, 5) is 9.39. The molecule has 0 radical (unpaired) electrons. The molecule has 0 fully saturated rings. The Balaban J connectivity index is 1.63. The Morgan fingerprint density at radius 3 is 2.39 bits per heavy atom. The van der Waals surface area contributed by atoms with Crippen LogP contribution in [0.25, 0.3) is 10.9 Å². The summed E-state index contributed by atoms with van der Waals surface area (Å²) in [6.07, 6.45) is 0. The van der Waals surface area contributed by atoms with E-state index in [1.807, 2.05) is 66.7 Å². The van der Waals surface area contributed by atoms with Gasteiger partial charge in [0, 0.05) is 23.0 Å². The number of rotatable bonds is 6. The first-order valence-corrected chi connectivity index (χ1v) is 9.64. The first kappa shape index (κ1) is 18.3. The molecule has 0 bridgehead atoms. The van der Waals surface area contributed by atoms with E-state index in [-0.39, 0.29) is 6.04 Å². The Kier molecular flexibility index (Phi) is 5.40. The van der Waals surface area contributed by atoms with Crippen LogP contribution in [-0.4, -0.2) is 9.97 Å². The maximum Gasteiger partial charge on any atom is 0.225 e. The average molecular weight is 389 g/mol. The monoisotopic (exact) mass is 388 g/mol. The van der Waals surface area contributed by atoms with E-state index in [0.717, 1.165) is 27.3 Å². The van der Waals surface area contributed by atoms with Crippen molar-refractivity contribution in [1.82, 2.24) is 9.97 Å². The lowest BCUT2D eigenvalue weighted by atomic mass is 10.1. The number of benzene rings is 3. The number of nitrogens with zero attached hydrogens (tertiary/aromatic N) is 2. The Morgan fingerprint density at radius 2 is 1.57 bits per heavy atom. The summed E-state index contributed by atoms with van der Waals surface area (Å²) in [5, 5.41) is 8.56. The molecule has 28 heavy (non-hydrogen) atoms. The third-order valence-corrected chi connectivity index (χ3v) is 5.02. The van der Waals surface area contributed by atoms with E-state index in [0.29, 0.717) is 12.5 Å². The molecule has 2 N–H and O–H groups in total. The van der Waals surface area contributed by atoms with Crippen LogP contribution in [0, 0.1) is 0 Å². The highest BCUT2D eigenvalue weighted by molar-refractivity contribution is 6.31. The van der Waals surface area contributed by atoms with Crippen LogP contribution in [0.4, 0.5) is 11.8 Å². The van der Waals surface area contributed by atoms with Crippen molar-refractivity contribution < 1.29 is 0 Å². The Bertz CT molecular complexity index is 1080. The zero-order valence-corrected chi connectivity index (χ0v) is 16.3. The van der Waals surface area contributed by atoms with Crippen molar-refractivity contribution in [3.63, 3.8) is 0 Å². The summed E-state index contributed by atoms with van der Waals surface area (Å²) in [5.74, 6) is 1.38. The lowest BCUT2D eigenvalue weighted by Gasteiger charge is -2.17. The van der Waals surface area contributed by atoms with Gasteiger partial charge in [0.05, 0.1) is 5.52 Å². The van der Waals surface area contributed by atoms with Crippen molar-refractivity contribution >= 4 is 34.3 Å². The number of para-hydroxylation sites is 1. The first-order valence-electron chi connectivity index (χ1n) is 9.26. The predicted molar refractivity (Wildman–Crippen MR) is 117 cm³/mol. The number of hydrogen-bond donors (Lipinski definition) is 2. The van der Waals surface area contributed by atoms with Gasteiger partial charge in [0.2, 0.25) is 5.95 Å². The van der Waals surface area contributed by atoms with Crippen LogP contribution in [0.3, 0.4) is 0 Å². The molecule has 3 aromatic carbocycles. The van der Waals surface area contributed by atoms with Gasteiger partial charge >= 0.3 is 0 Å². The zero-order chi connectivity index (χ0) is 19.3. The van der Waals surface area contributed by atoms with Crippen molar-refractivity contribution in [2.45, 2.75) is 19.5 Å². The summed E-state index contributed by atoms with van der Waals surface area (Å²) >= 11 is 6.26. The molecule has 5 heteroatoms. The van der Waals surface area contributed by atoms with Gasteiger partial charge in [-0.05, 0) is 36.2 Å². The summed E-state index contributed by atoms with van der Waals surface area (Å²) < 4.78 is 0. The first-order chi connectivity index (χ1) is 13.7. The largest absolute Gasteiger partial charge is 0.363 e. The molecule has 4 rings (SSSR count). The molecular formula is C23H21ClN4. The van der Waals surface area contributed by atoms with Gasteiger partial charge in [0.25, 0.3) is 0 Å². The number of aromatic nitrogens is 2. The lowest BCUT2D eigenvalue weighted by Crippen LogP contribution is -2.11. The van der Waals surface area contributed by atoms with Crippen LogP contribution in [-0.2, 0) is 6.54 Å². The molecular weight excluding hydrogens is 368 g/mol. The zero-order valence-electron chi connectivity index (χ0n) is 15.6. The molecule has 1 aromatic heterocycles. The molecule has 0 saturated heterocycles. The third kappa shape index (κ3) is 4.07. The van der Waals surface area contributed by atoms with Gasteiger partial charge < -0.3 is 10.6 Å². The number of halogens is 1. The van der Waals surface area contributed by atoms with Crippen LogP contribution in [0.2, 0.25) is 5.02 Å². The van der Waals surface area contributed by atoms with Crippen molar-refractivity contribution in [1.29, 1.82) is 0 Å². The Morgan fingerprint density at radius 1 is 0.857 bits per heavy atom. The van der Waals surface area contributed by atoms with E-state index < -0.39 is 0 Å². The second kappa shape index (κ2) is 8.28. The van der Waals surface area contributed by atoms with E-state index in [4.69, 9.17) is 16.6 Å². The van der Waals surface area contributed by atoms with Gasteiger partial charge in [0.15, 0.2) is 0 Å². The third-order valence-electron chi connectivity index (χ3n) is 4.65. The van der Waals surface area contributed by atoms with E-state index >= 15 is 0 Å². The lowest BCUT2D eigenvalue weighted by molar-refractivity contribution is 0.875. The number of fused-ring (bicyclic) bond motifs is 1. The van der Waals surface area contributed by atoms with Crippen LogP contribution in [0.15, 0.2) is 78.9 Å². The second-order valence-electron chi connectivity index (χ2n) is 6.63. The highest BCUT2D eigenvalue weighted by Crippen LogP contribution is 2.26. The standard InChI is InChI=1S/C23H21ClN4/c1-16(17-9-3-2-4-10-17)26-22-19-12-6-8-14-21(19)27-23(28-22)25-15-18-11-5-7-13-20(18)24/h2-14,16H,15H2,1H3,(H2,25,26,27,28). The molecule has 1 unspecified atom stereocenters. The van der Waals surface area contributed by atoms with Crippen LogP contribution < -0.4 is 10.6 Å². The highest BCUT2D eigenvalue weighted by atomic mass is 35.5. The fourth-order valence-electron chi connectivity index (χ4n) is 3.11. The van der Waals surface area contributed by atoms with Crippen molar-refractivity contribution in [2.75, 3.05) is 10.6 Å². The molecule has 140 valence electrons. The molecule has 0 amide bonds. The van der Waals surface area contributed by atoms with Gasteiger partial charge in [-0.2, -0.15) is 4.98 Å². The van der Waals surface area contributed by atoms with Gasteiger partial charge in [-0.3, -0.25) is 0 Å². The number of hydrogen-bond acceptors (Lipinski definition) is 4. The fourth-order valence-corrected chi connectivity index (χ4v) is 3.31. The summed E-state index contributed by atoms with van der Waals surface area (Å²) in [6, 6.07) is 26.2. The normalized spacial score (nSPS) is 11.9. The minimum atomic E-state index is 0.121. The fraction of sp³-hybridized carbons (Fsp3) is 0.130. The SMILES string of the molecule is CC(Nc1nc(NCc2ccccc2Cl)nc2ccccc12)c1ccccc1. The van der Waals surface area contributed by atoms with Crippen molar-refractivity contribution in [3.05, 3.63) is 95.0 Å². The van der Waals surface area contributed by atoms with E-state index in [1.54, 1.807) is 0 Å². The second-order valence-corrected chi connectivity index (χ2v) is 7.04. The molecule has 0 saturated carbocycles. The Labute approximate surface area is 169 Å². The maximum atomic E-state index is 6.26. The van der Waals surface area contributed by atoms with E-state index in [2.05, 4.69) is 34.7 Å². The van der Waals surface area contributed by atoms with Gasteiger partial charge in [-0.1, -0.05) is 72.3 Å². The van der Waals surface area contributed by atoms with Gasteiger partial charge in [-0.25, -0.2) is 4.98 Å². The molecule has 0 aliphatic rings. The van der Waals surface area contributed by atoms with Crippen LogP contribution >= 0.6 is 11.6 Å². The number of anilines is 2. The quantitative estimate of drug-likeness (QED) is 0.421. The van der Waals surface area contributed by atoms with E-state index in [1.165, 1.54) is 5.56 Å². The molecule has 4 aromatic rings. The summed E-state index contributed by atoms with van der Waals surface area (Å²) in [6.45, 7) is 2.69. The smallest absolute Gasteiger partial charge is 0.225 e. The molecule has 1 atom stereocenters. The Hall–Kier alpha value is -3.11. The molecule has 0 aliphatic heterocycles. The van der Waals surface area contributed by atoms with Crippen LogP contribution in [0.5, 0.6) is 0 Å². The van der Waals surface area contributed by atoms with Crippen LogP contribution in [0.1, 0.15) is 24.1 Å². The van der Waals surface area contributed by atoms with Gasteiger partial charge in [0.1, 0.15) is 5.82 Å².